The molecule has 0 bridgehead atoms. The van der Waals surface area contributed by atoms with E-state index in [1.54, 1.807) is 0 Å². The van der Waals surface area contributed by atoms with Crippen molar-refractivity contribution in [3.05, 3.63) is 0 Å². The van der Waals surface area contributed by atoms with Crippen LogP contribution in [0.25, 0.3) is 0 Å². The van der Waals surface area contributed by atoms with Crippen LogP contribution >= 0.6 is 0 Å². The Bertz CT molecular complexity index is 121. The van der Waals surface area contributed by atoms with Crippen LogP contribution in [0.15, 0.2) is 0 Å². The van der Waals surface area contributed by atoms with Gasteiger partial charge in [0.15, 0.2) is 0 Å². The van der Waals surface area contributed by atoms with Crippen LogP contribution in [0.5, 0.6) is 0 Å². The van der Waals surface area contributed by atoms with E-state index in [1.807, 2.05) is 13.8 Å². The minimum absolute atomic E-state index is 0.184. The maximum atomic E-state index is 9.98. The normalized spacial score (nSPS) is 21.5. The van der Waals surface area contributed by atoms with Crippen molar-refractivity contribution in [1.29, 1.82) is 0 Å². The predicted octanol–water partition coefficient (Wildman–Crippen LogP) is 1.91. The molecule has 0 saturated carbocycles. The Morgan fingerprint density at radius 2 is 1.92 bits per heavy atom. The fraction of sp³-hybridized carbons (Fsp3) is 1.00. The Kier molecular flexibility index (Phi) is 4.80. The third-order valence-corrected chi connectivity index (χ3v) is 2.54. The molecule has 0 spiro atoms. The molecule has 2 nitrogen and oxygen atoms in total. The summed E-state index contributed by atoms with van der Waals surface area (Å²) in [5.74, 6) is 0.289. The van der Waals surface area contributed by atoms with Gasteiger partial charge in [0, 0.05) is 6.04 Å². The molecule has 0 saturated heterocycles. The molecular formula is C10H23NO. The molecule has 0 aromatic heterocycles. The molecule has 2 heteroatoms. The first-order valence-electron chi connectivity index (χ1n) is 4.88. The van der Waals surface area contributed by atoms with Gasteiger partial charge in [0.05, 0.1) is 5.60 Å². The minimum atomic E-state index is -0.539. The molecule has 3 unspecified atom stereocenters. The molecule has 0 aromatic carbocycles. The van der Waals surface area contributed by atoms with Crippen molar-refractivity contribution in [2.45, 2.75) is 58.6 Å². The summed E-state index contributed by atoms with van der Waals surface area (Å²) in [5, 5.41) is 9.98. The van der Waals surface area contributed by atoms with E-state index in [4.69, 9.17) is 5.73 Å². The monoisotopic (exact) mass is 173 g/mol. The van der Waals surface area contributed by atoms with Crippen molar-refractivity contribution >= 4 is 0 Å². The molecular weight excluding hydrogens is 150 g/mol. The number of hydrogen-bond donors (Lipinski definition) is 2. The molecule has 0 rings (SSSR count). The molecule has 0 aliphatic heterocycles. The topological polar surface area (TPSA) is 46.2 Å². The number of aliphatic hydroxyl groups is 1. The minimum Gasteiger partial charge on any atom is -0.390 e. The predicted molar refractivity (Wildman–Crippen MR) is 53.0 cm³/mol. The van der Waals surface area contributed by atoms with Gasteiger partial charge in [-0.15, -0.1) is 0 Å². The summed E-state index contributed by atoms with van der Waals surface area (Å²) >= 11 is 0. The number of nitrogens with two attached hydrogens (primary N) is 1. The van der Waals surface area contributed by atoms with Crippen LogP contribution in [-0.4, -0.2) is 16.7 Å². The van der Waals surface area contributed by atoms with Gasteiger partial charge in [-0.1, -0.05) is 20.3 Å². The largest absolute Gasteiger partial charge is 0.390 e. The molecule has 0 aliphatic carbocycles. The molecule has 3 atom stereocenters. The Labute approximate surface area is 76.2 Å². The number of hydrogen-bond acceptors (Lipinski definition) is 2. The molecule has 0 heterocycles. The molecule has 3 N–H and O–H groups in total. The van der Waals surface area contributed by atoms with Crippen LogP contribution in [0.4, 0.5) is 0 Å². The second-order valence-electron chi connectivity index (χ2n) is 4.22. The maximum Gasteiger partial charge on any atom is 0.0645 e. The van der Waals surface area contributed by atoms with E-state index in [1.165, 1.54) is 0 Å². The van der Waals surface area contributed by atoms with E-state index in [9.17, 15) is 5.11 Å². The van der Waals surface area contributed by atoms with Gasteiger partial charge in [-0.2, -0.15) is 0 Å². The SMILES string of the molecule is CCCC(C)(O)C(C)CC(C)N. The average molecular weight is 173 g/mol. The first-order chi connectivity index (χ1) is 5.40. The second kappa shape index (κ2) is 4.83. The smallest absolute Gasteiger partial charge is 0.0645 e. The highest BCUT2D eigenvalue weighted by molar-refractivity contribution is 4.80. The van der Waals surface area contributed by atoms with E-state index < -0.39 is 5.60 Å². The Hall–Kier alpha value is -0.0800. The fourth-order valence-corrected chi connectivity index (χ4v) is 1.56. The van der Waals surface area contributed by atoms with Gasteiger partial charge in [0.25, 0.3) is 0 Å². The molecule has 0 aromatic rings. The highest BCUT2D eigenvalue weighted by atomic mass is 16.3. The van der Waals surface area contributed by atoms with Crippen molar-refractivity contribution < 1.29 is 5.11 Å². The lowest BCUT2D eigenvalue weighted by atomic mass is 9.83. The van der Waals surface area contributed by atoms with Crippen molar-refractivity contribution in [3.8, 4) is 0 Å². The van der Waals surface area contributed by atoms with E-state index >= 15 is 0 Å². The van der Waals surface area contributed by atoms with Crippen LogP contribution in [0.1, 0.15) is 47.0 Å². The highest BCUT2D eigenvalue weighted by Gasteiger charge is 2.27. The third-order valence-electron chi connectivity index (χ3n) is 2.54. The highest BCUT2D eigenvalue weighted by Crippen LogP contribution is 2.25. The summed E-state index contributed by atoms with van der Waals surface area (Å²) in [7, 11) is 0. The van der Waals surface area contributed by atoms with E-state index in [0.29, 0.717) is 0 Å². The lowest BCUT2D eigenvalue weighted by molar-refractivity contribution is -0.00738. The van der Waals surface area contributed by atoms with Gasteiger partial charge in [-0.05, 0) is 32.6 Å². The summed E-state index contributed by atoms with van der Waals surface area (Å²) < 4.78 is 0. The molecule has 74 valence electrons. The first-order valence-corrected chi connectivity index (χ1v) is 4.88. The lowest BCUT2D eigenvalue weighted by Crippen LogP contribution is -2.36. The Balaban J connectivity index is 3.96. The molecule has 0 amide bonds. The molecule has 0 fully saturated rings. The van der Waals surface area contributed by atoms with Gasteiger partial charge in [-0.25, -0.2) is 0 Å². The van der Waals surface area contributed by atoms with Crippen molar-refractivity contribution in [3.63, 3.8) is 0 Å². The van der Waals surface area contributed by atoms with Crippen LogP contribution < -0.4 is 5.73 Å². The van der Waals surface area contributed by atoms with Crippen molar-refractivity contribution in [2.24, 2.45) is 11.7 Å². The van der Waals surface area contributed by atoms with Crippen molar-refractivity contribution in [1.82, 2.24) is 0 Å². The van der Waals surface area contributed by atoms with Gasteiger partial charge in [-0.3, -0.25) is 0 Å². The zero-order valence-corrected chi connectivity index (χ0v) is 8.80. The average Bonchev–Trinajstić information content (AvgIpc) is 1.85. The van der Waals surface area contributed by atoms with Gasteiger partial charge in [0.1, 0.15) is 0 Å². The van der Waals surface area contributed by atoms with Gasteiger partial charge < -0.3 is 10.8 Å². The third kappa shape index (κ3) is 4.07. The summed E-state index contributed by atoms with van der Waals surface area (Å²) in [5.41, 5.74) is 5.14. The first kappa shape index (κ1) is 11.9. The van der Waals surface area contributed by atoms with E-state index in [2.05, 4.69) is 13.8 Å². The van der Waals surface area contributed by atoms with Gasteiger partial charge in [0.2, 0.25) is 0 Å². The molecule has 12 heavy (non-hydrogen) atoms. The summed E-state index contributed by atoms with van der Waals surface area (Å²) in [4.78, 5) is 0. The fourth-order valence-electron chi connectivity index (χ4n) is 1.56. The van der Waals surface area contributed by atoms with E-state index in [-0.39, 0.29) is 12.0 Å². The van der Waals surface area contributed by atoms with E-state index in [0.717, 1.165) is 19.3 Å². The zero-order valence-electron chi connectivity index (χ0n) is 8.80. The quantitative estimate of drug-likeness (QED) is 0.667. The Morgan fingerprint density at radius 3 is 2.25 bits per heavy atom. The zero-order chi connectivity index (χ0) is 9.78. The molecule has 0 aliphatic rings. The summed E-state index contributed by atoms with van der Waals surface area (Å²) in [6.07, 6.45) is 2.78. The van der Waals surface area contributed by atoms with Crippen LogP contribution in [-0.2, 0) is 0 Å². The van der Waals surface area contributed by atoms with Crippen molar-refractivity contribution in [2.75, 3.05) is 0 Å². The summed E-state index contributed by atoms with van der Waals surface area (Å²) in [6.45, 7) is 8.05. The second-order valence-corrected chi connectivity index (χ2v) is 4.22. The summed E-state index contributed by atoms with van der Waals surface area (Å²) in [6, 6.07) is 0.184. The van der Waals surface area contributed by atoms with Crippen LogP contribution in [0.2, 0.25) is 0 Å². The van der Waals surface area contributed by atoms with Gasteiger partial charge >= 0.3 is 0 Å². The molecule has 0 radical (unpaired) electrons. The Morgan fingerprint density at radius 1 is 1.42 bits per heavy atom. The van der Waals surface area contributed by atoms with Crippen LogP contribution in [0.3, 0.4) is 0 Å². The van der Waals surface area contributed by atoms with Crippen LogP contribution in [0, 0.1) is 5.92 Å². The standard InChI is InChI=1S/C10H23NO/c1-5-6-10(4,12)8(2)7-9(3)11/h8-9,12H,5-7,11H2,1-4H3. The number of rotatable bonds is 5. The maximum absolute atomic E-state index is 9.98. The lowest BCUT2D eigenvalue weighted by Gasteiger charge is -2.31.